The highest BCUT2D eigenvalue weighted by molar-refractivity contribution is 7.13. The van der Waals surface area contributed by atoms with Crippen LogP contribution >= 0.6 is 11.3 Å². The molecule has 100 valence electrons. The first-order chi connectivity index (χ1) is 9.08. The third-order valence-corrected chi connectivity index (χ3v) is 3.25. The Morgan fingerprint density at radius 2 is 2.16 bits per heavy atom. The topological polar surface area (TPSA) is 98.3 Å². The number of aromatic amines is 1. The second-order valence-electron chi connectivity index (χ2n) is 3.45. The predicted molar refractivity (Wildman–Crippen MR) is 67.5 cm³/mol. The molecule has 19 heavy (non-hydrogen) atoms. The van der Waals surface area contributed by atoms with E-state index < -0.39 is 17.5 Å². The standard InChI is InChI=1S/C11H10N2O5S/c1-3-18-11(16)8-12-5-4-19-7(10(15)17-2)6(5)9(14)13-8/h4H,3H2,1-2H3,(H,12,13,14). The number of methoxy groups -OCH3 is 1. The molecule has 2 rings (SSSR count). The van der Waals surface area contributed by atoms with Gasteiger partial charge in [-0.1, -0.05) is 0 Å². The van der Waals surface area contributed by atoms with E-state index in [4.69, 9.17) is 4.74 Å². The molecule has 0 unspecified atom stereocenters. The van der Waals surface area contributed by atoms with Gasteiger partial charge in [-0.05, 0) is 6.92 Å². The summed E-state index contributed by atoms with van der Waals surface area (Å²) in [5, 5.41) is 1.63. The molecule has 0 atom stereocenters. The smallest absolute Gasteiger partial charge is 0.374 e. The lowest BCUT2D eigenvalue weighted by Gasteiger charge is -2.01. The van der Waals surface area contributed by atoms with Gasteiger partial charge in [0.2, 0.25) is 5.82 Å². The van der Waals surface area contributed by atoms with Crippen molar-refractivity contribution < 1.29 is 19.1 Å². The summed E-state index contributed by atoms with van der Waals surface area (Å²) in [4.78, 5) is 41.3. The van der Waals surface area contributed by atoms with Crippen molar-refractivity contribution in [1.82, 2.24) is 9.97 Å². The molecule has 8 heteroatoms. The van der Waals surface area contributed by atoms with Crippen molar-refractivity contribution in [3.63, 3.8) is 0 Å². The van der Waals surface area contributed by atoms with E-state index >= 15 is 0 Å². The molecule has 1 N–H and O–H groups in total. The van der Waals surface area contributed by atoms with E-state index in [-0.39, 0.29) is 28.2 Å². The van der Waals surface area contributed by atoms with E-state index in [1.54, 1.807) is 6.92 Å². The molecule has 2 aromatic rings. The minimum absolute atomic E-state index is 0.116. The average molecular weight is 282 g/mol. The van der Waals surface area contributed by atoms with Crippen LogP contribution in [-0.2, 0) is 9.47 Å². The van der Waals surface area contributed by atoms with Gasteiger partial charge in [0, 0.05) is 5.38 Å². The van der Waals surface area contributed by atoms with Crippen LogP contribution in [0.25, 0.3) is 10.9 Å². The van der Waals surface area contributed by atoms with Gasteiger partial charge in [0.05, 0.1) is 24.6 Å². The van der Waals surface area contributed by atoms with Crippen LogP contribution in [0, 0.1) is 0 Å². The summed E-state index contributed by atoms with van der Waals surface area (Å²) in [5.74, 6) is -1.52. The number of ether oxygens (including phenoxy) is 2. The molecule has 2 heterocycles. The van der Waals surface area contributed by atoms with Crippen molar-refractivity contribution in [1.29, 1.82) is 0 Å². The van der Waals surface area contributed by atoms with E-state index in [9.17, 15) is 14.4 Å². The molecule has 0 aromatic carbocycles. The SMILES string of the molecule is CCOC(=O)c1nc2csc(C(=O)OC)c2c(=O)[nH]1. The van der Waals surface area contributed by atoms with Gasteiger partial charge in [0.25, 0.3) is 5.56 Å². The van der Waals surface area contributed by atoms with E-state index in [0.717, 1.165) is 11.3 Å². The Kier molecular flexibility index (Phi) is 3.61. The zero-order valence-corrected chi connectivity index (χ0v) is 11.0. The maximum absolute atomic E-state index is 11.9. The number of hydrogen-bond acceptors (Lipinski definition) is 7. The van der Waals surface area contributed by atoms with Crippen molar-refractivity contribution >= 4 is 34.2 Å². The quantitative estimate of drug-likeness (QED) is 0.841. The van der Waals surface area contributed by atoms with E-state index in [1.165, 1.54) is 12.5 Å². The second kappa shape index (κ2) is 5.19. The largest absolute Gasteiger partial charge is 0.465 e. The Balaban J connectivity index is 2.58. The minimum Gasteiger partial charge on any atom is -0.465 e. The summed E-state index contributed by atoms with van der Waals surface area (Å²) in [6.07, 6.45) is 0. The van der Waals surface area contributed by atoms with E-state index in [0.29, 0.717) is 0 Å². The van der Waals surface area contributed by atoms with Crippen molar-refractivity contribution in [2.24, 2.45) is 0 Å². The summed E-state index contributed by atoms with van der Waals surface area (Å²) < 4.78 is 9.32. The molecule has 7 nitrogen and oxygen atoms in total. The van der Waals surface area contributed by atoms with Gasteiger partial charge in [0.1, 0.15) is 4.88 Å². The molecule has 0 amide bonds. The average Bonchev–Trinajstić information content (AvgIpc) is 2.82. The van der Waals surface area contributed by atoms with Gasteiger partial charge in [-0.3, -0.25) is 4.79 Å². The third-order valence-electron chi connectivity index (χ3n) is 2.30. The number of esters is 2. The van der Waals surface area contributed by atoms with Crippen molar-refractivity contribution in [2.45, 2.75) is 6.92 Å². The van der Waals surface area contributed by atoms with E-state index in [2.05, 4.69) is 14.7 Å². The highest BCUT2D eigenvalue weighted by Gasteiger charge is 2.19. The maximum Gasteiger partial charge on any atom is 0.374 e. The minimum atomic E-state index is -0.715. The number of rotatable bonds is 3. The van der Waals surface area contributed by atoms with Crippen LogP contribution in [0.3, 0.4) is 0 Å². The molecule has 0 aliphatic heterocycles. The Morgan fingerprint density at radius 1 is 1.42 bits per heavy atom. The van der Waals surface area contributed by atoms with Crippen molar-refractivity contribution in [2.75, 3.05) is 13.7 Å². The fourth-order valence-electron chi connectivity index (χ4n) is 1.51. The van der Waals surface area contributed by atoms with Crippen LogP contribution in [0.4, 0.5) is 0 Å². The van der Waals surface area contributed by atoms with E-state index in [1.807, 2.05) is 0 Å². The van der Waals surface area contributed by atoms with Gasteiger partial charge in [-0.25, -0.2) is 14.6 Å². The first kappa shape index (κ1) is 13.2. The first-order valence-electron chi connectivity index (χ1n) is 5.35. The molecule has 0 aliphatic carbocycles. The Labute approximate surface area is 111 Å². The maximum atomic E-state index is 11.9. The predicted octanol–water partition coefficient (Wildman–Crippen LogP) is 0.948. The molecular weight excluding hydrogens is 272 g/mol. The van der Waals surface area contributed by atoms with Gasteiger partial charge in [-0.15, -0.1) is 11.3 Å². The number of hydrogen-bond donors (Lipinski definition) is 1. The molecule has 0 radical (unpaired) electrons. The summed E-state index contributed by atoms with van der Waals surface area (Å²) >= 11 is 1.03. The Morgan fingerprint density at radius 3 is 2.79 bits per heavy atom. The van der Waals surface area contributed by atoms with Crippen LogP contribution < -0.4 is 5.56 Å². The zero-order valence-electron chi connectivity index (χ0n) is 10.2. The Hall–Kier alpha value is -2.22. The molecule has 0 fully saturated rings. The van der Waals surface area contributed by atoms with Crippen LogP contribution in [0.1, 0.15) is 27.2 Å². The molecule has 0 saturated carbocycles. The lowest BCUT2D eigenvalue weighted by Crippen LogP contribution is -2.18. The van der Waals surface area contributed by atoms with Crippen LogP contribution in [0.5, 0.6) is 0 Å². The fraction of sp³-hybridized carbons (Fsp3) is 0.273. The van der Waals surface area contributed by atoms with Crippen molar-refractivity contribution in [3.05, 3.63) is 26.4 Å². The number of aromatic nitrogens is 2. The highest BCUT2D eigenvalue weighted by Crippen LogP contribution is 2.21. The highest BCUT2D eigenvalue weighted by atomic mass is 32.1. The number of nitrogens with one attached hydrogen (secondary N) is 1. The number of thiophene rings is 1. The molecule has 0 aliphatic rings. The number of carbonyl (C=O) groups is 2. The third kappa shape index (κ3) is 2.34. The fourth-order valence-corrected chi connectivity index (χ4v) is 2.40. The molecule has 2 aromatic heterocycles. The molecule has 0 saturated heterocycles. The summed E-state index contributed by atoms with van der Waals surface area (Å²) in [7, 11) is 1.22. The van der Waals surface area contributed by atoms with Gasteiger partial charge in [-0.2, -0.15) is 0 Å². The number of fused-ring (bicyclic) bond motifs is 1. The van der Waals surface area contributed by atoms with Crippen LogP contribution in [0.15, 0.2) is 10.2 Å². The number of nitrogens with zero attached hydrogens (tertiary/aromatic N) is 1. The summed E-state index contributed by atoms with van der Waals surface area (Å²) in [5.41, 5.74) is -0.313. The first-order valence-corrected chi connectivity index (χ1v) is 6.23. The van der Waals surface area contributed by atoms with Crippen LogP contribution in [0.2, 0.25) is 0 Å². The van der Waals surface area contributed by atoms with Gasteiger partial charge < -0.3 is 14.5 Å². The van der Waals surface area contributed by atoms with Gasteiger partial charge in [0.15, 0.2) is 0 Å². The molecule has 0 spiro atoms. The van der Waals surface area contributed by atoms with Gasteiger partial charge >= 0.3 is 11.9 Å². The lowest BCUT2D eigenvalue weighted by molar-refractivity contribution is 0.0511. The number of carbonyl (C=O) groups excluding carboxylic acids is 2. The zero-order chi connectivity index (χ0) is 14.0. The lowest BCUT2D eigenvalue weighted by atomic mass is 10.3. The molecular formula is C11H10N2O5S. The van der Waals surface area contributed by atoms with Crippen LogP contribution in [-0.4, -0.2) is 35.6 Å². The second-order valence-corrected chi connectivity index (χ2v) is 4.33. The molecule has 0 bridgehead atoms. The Bertz CT molecular complexity index is 703. The summed E-state index contributed by atoms with van der Waals surface area (Å²) in [6.45, 7) is 1.83. The summed E-state index contributed by atoms with van der Waals surface area (Å²) in [6, 6.07) is 0. The monoisotopic (exact) mass is 282 g/mol. The normalized spacial score (nSPS) is 10.4. The number of H-pyrrole nitrogens is 1. The van der Waals surface area contributed by atoms with Crippen molar-refractivity contribution in [3.8, 4) is 0 Å².